The van der Waals surface area contributed by atoms with Crippen LogP contribution in [0.25, 0.3) is 11.6 Å². The highest BCUT2D eigenvalue weighted by molar-refractivity contribution is 7.99. The second kappa shape index (κ2) is 7.78. The lowest BCUT2D eigenvalue weighted by molar-refractivity contribution is -0.130. The first-order chi connectivity index (χ1) is 10.2. The third-order valence-corrected chi connectivity index (χ3v) is 3.77. The molecule has 0 aliphatic rings. The third-order valence-electron chi connectivity index (χ3n) is 2.95. The van der Waals surface area contributed by atoms with Gasteiger partial charge >= 0.3 is 0 Å². The van der Waals surface area contributed by atoms with Crippen LogP contribution in [0.15, 0.2) is 34.0 Å². The molecule has 0 radical (unpaired) electrons. The van der Waals surface area contributed by atoms with Crippen molar-refractivity contribution >= 4 is 17.7 Å². The number of carbonyl (C=O) groups excluding carboxylic acids is 1. The number of carbonyl (C=O) groups is 1. The number of aromatic nitrogens is 3. The highest BCUT2D eigenvalue weighted by Gasteiger charge is 2.12. The number of amides is 1. The number of rotatable bonds is 7. The van der Waals surface area contributed by atoms with Crippen LogP contribution in [-0.4, -0.2) is 44.8 Å². The molecule has 2 aromatic rings. The molecule has 2 heterocycles. The summed E-state index contributed by atoms with van der Waals surface area (Å²) in [5, 5.41) is 8.37. The average molecular weight is 306 g/mol. The first-order valence-corrected chi connectivity index (χ1v) is 7.88. The van der Waals surface area contributed by atoms with Gasteiger partial charge in [-0.05, 0) is 26.0 Å². The molecule has 0 bridgehead atoms. The van der Waals surface area contributed by atoms with E-state index in [2.05, 4.69) is 15.2 Å². The van der Waals surface area contributed by atoms with Gasteiger partial charge in [0.1, 0.15) is 5.69 Å². The second-order valence-electron chi connectivity index (χ2n) is 4.25. The van der Waals surface area contributed by atoms with Gasteiger partial charge in [0, 0.05) is 31.5 Å². The van der Waals surface area contributed by atoms with Crippen LogP contribution in [0, 0.1) is 0 Å². The van der Waals surface area contributed by atoms with Gasteiger partial charge in [0.15, 0.2) is 0 Å². The predicted molar refractivity (Wildman–Crippen MR) is 80.8 cm³/mol. The van der Waals surface area contributed by atoms with Gasteiger partial charge < -0.3 is 9.32 Å². The van der Waals surface area contributed by atoms with E-state index < -0.39 is 0 Å². The number of hydrogen-bond donors (Lipinski definition) is 0. The van der Waals surface area contributed by atoms with Gasteiger partial charge in [-0.3, -0.25) is 9.78 Å². The molecule has 0 atom stereocenters. The van der Waals surface area contributed by atoms with Gasteiger partial charge in [-0.1, -0.05) is 17.8 Å². The van der Waals surface area contributed by atoms with E-state index in [1.165, 1.54) is 11.8 Å². The van der Waals surface area contributed by atoms with Crippen molar-refractivity contribution in [2.24, 2.45) is 0 Å². The quantitative estimate of drug-likeness (QED) is 0.732. The van der Waals surface area contributed by atoms with Crippen molar-refractivity contribution in [3.8, 4) is 11.6 Å². The lowest BCUT2D eigenvalue weighted by Crippen LogP contribution is -2.30. The summed E-state index contributed by atoms with van der Waals surface area (Å²) in [7, 11) is 0. The van der Waals surface area contributed by atoms with Crippen molar-refractivity contribution in [1.29, 1.82) is 0 Å². The first-order valence-electron chi connectivity index (χ1n) is 6.90. The zero-order valence-corrected chi connectivity index (χ0v) is 13.0. The van der Waals surface area contributed by atoms with E-state index in [0.29, 0.717) is 29.0 Å². The third kappa shape index (κ3) is 4.29. The molecule has 0 saturated carbocycles. The summed E-state index contributed by atoms with van der Waals surface area (Å²) in [6, 6.07) is 5.50. The molecule has 6 nitrogen and oxygen atoms in total. The summed E-state index contributed by atoms with van der Waals surface area (Å²) in [6.45, 7) is 5.44. The van der Waals surface area contributed by atoms with E-state index in [9.17, 15) is 4.79 Å². The number of thioether (sulfide) groups is 1. The Hall–Kier alpha value is -1.89. The molecule has 1 amide bonds. The van der Waals surface area contributed by atoms with E-state index in [1.807, 2.05) is 36.9 Å². The zero-order valence-electron chi connectivity index (χ0n) is 12.2. The molecule has 21 heavy (non-hydrogen) atoms. The Labute approximate surface area is 128 Å². The van der Waals surface area contributed by atoms with Gasteiger partial charge in [-0.15, -0.1) is 10.2 Å². The molecule has 0 aliphatic carbocycles. The SMILES string of the molecule is CCN(CC)C(=O)CCSc1nnc(-c2ccccn2)o1. The van der Waals surface area contributed by atoms with Crippen LogP contribution in [0.1, 0.15) is 20.3 Å². The Kier molecular flexibility index (Phi) is 5.74. The van der Waals surface area contributed by atoms with Crippen molar-refractivity contribution in [3.05, 3.63) is 24.4 Å². The van der Waals surface area contributed by atoms with Crippen LogP contribution < -0.4 is 0 Å². The largest absolute Gasteiger partial charge is 0.410 e. The fraction of sp³-hybridized carbons (Fsp3) is 0.429. The van der Waals surface area contributed by atoms with Crippen molar-refractivity contribution in [2.45, 2.75) is 25.5 Å². The normalized spacial score (nSPS) is 10.6. The maximum Gasteiger partial charge on any atom is 0.276 e. The minimum absolute atomic E-state index is 0.150. The van der Waals surface area contributed by atoms with Crippen LogP contribution in [0.3, 0.4) is 0 Å². The highest BCUT2D eigenvalue weighted by atomic mass is 32.2. The summed E-state index contributed by atoms with van der Waals surface area (Å²) >= 11 is 1.39. The lowest BCUT2D eigenvalue weighted by atomic mass is 10.3. The van der Waals surface area contributed by atoms with Gasteiger partial charge in [0.25, 0.3) is 11.1 Å². The van der Waals surface area contributed by atoms with E-state index in [1.54, 1.807) is 6.20 Å². The van der Waals surface area contributed by atoms with E-state index in [-0.39, 0.29) is 5.91 Å². The van der Waals surface area contributed by atoms with E-state index in [4.69, 9.17) is 4.42 Å². The molecular formula is C14H18N4O2S. The molecule has 0 fully saturated rings. The highest BCUT2D eigenvalue weighted by Crippen LogP contribution is 2.22. The summed E-state index contributed by atoms with van der Waals surface area (Å²) in [4.78, 5) is 17.8. The monoisotopic (exact) mass is 306 g/mol. The molecule has 0 saturated heterocycles. The van der Waals surface area contributed by atoms with Gasteiger partial charge in [-0.2, -0.15) is 0 Å². The van der Waals surface area contributed by atoms with Crippen molar-refractivity contribution < 1.29 is 9.21 Å². The number of pyridine rings is 1. The summed E-state index contributed by atoms with van der Waals surface area (Å²) < 4.78 is 5.52. The van der Waals surface area contributed by atoms with Crippen molar-refractivity contribution in [1.82, 2.24) is 20.1 Å². The van der Waals surface area contributed by atoms with Crippen LogP contribution in [0.5, 0.6) is 0 Å². The molecule has 0 aromatic carbocycles. The maximum absolute atomic E-state index is 11.9. The first kappa shape index (κ1) is 15.5. The van der Waals surface area contributed by atoms with Crippen LogP contribution in [-0.2, 0) is 4.79 Å². The average Bonchev–Trinajstić information content (AvgIpc) is 2.98. The molecule has 112 valence electrons. The Bertz CT molecular complexity index is 569. The Morgan fingerprint density at radius 2 is 2.10 bits per heavy atom. The fourth-order valence-corrected chi connectivity index (χ4v) is 2.51. The standard InChI is InChI=1S/C14H18N4O2S/c1-3-18(4-2)12(19)8-10-21-14-17-16-13(20-14)11-7-5-6-9-15-11/h5-7,9H,3-4,8,10H2,1-2H3. The molecule has 0 N–H and O–H groups in total. The zero-order chi connectivity index (χ0) is 15.1. The number of hydrogen-bond acceptors (Lipinski definition) is 6. The Balaban J connectivity index is 1.85. The van der Waals surface area contributed by atoms with Gasteiger partial charge in [-0.25, -0.2) is 0 Å². The van der Waals surface area contributed by atoms with Crippen LogP contribution in [0.4, 0.5) is 0 Å². The van der Waals surface area contributed by atoms with E-state index in [0.717, 1.165) is 13.1 Å². The molecule has 7 heteroatoms. The molecule has 0 unspecified atom stereocenters. The Morgan fingerprint density at radius 3 is 2.76 bits per heavy atom. The molecule has 0 aliphatic heterocycles. The predicted octanol–water partition coefficient (Wildman–Crippen LogP) is 2.48. The molecule has 0 spiro atoms. The summed E-state index contributed by atoms with van der Waals surface area (Å²) in [6.07, 6.45) is 2.14. The fourth-order valence-electron chi connectivity index (χ4n) is 1.82. The minimum atomic E-state index is 0.150. The molecule has 2 aromatic heterocycles. The topological polar surface area (TPSA) is 72.1 Å². The minimum Gasteiger partial charge on any atom is -0.410 e. The molecular weight excluding hydrogens is 288 g/mol. The summed E-state index contributed by atoms with van der Waals surface area (Å²) in [5.41, 5.74) is 0.649. The van der Waals surface area contributed by atoms with Crippen molar-refractivity contribution in [2.75, 3.05) is 18.8 Å². The Morgan fingerprint density at radius 1 is 1.29 bits per heavy atom. The maximum atomic E-state index is 11.9. The lowest BCUT2D eigenvalue weighted by Gasteiger charge is -2.17. The van der Waals surface area contributed by atoms with Crippen LogP contribution in [0.2, 0.25) is 0 Å². The van der Waals surface area contributed by atoms with Gasteiger partial charge in [0.2, 0.25) is 5.91 Å². The van der Waals surface area contributed by atoms with E-state index >= 15 is 0 Å². The smallest absolute Gasteiger partial charge is 0.276 e. The summed E-state index contributed by atoms with van der Waals surface area (Å²) in [5.74, 6) is 1.17. The molecule has 2 rings (SSSR count). The van der Waals surface area contributed by atoms with Crippen molar-refractivity contribution in [3.63, 3.8) is 0 Å². The number of nitrogens with zero attached hydrogens (tertiary/aromatic N) is 4. The van der Waals surface area contributed by atoms with Gasteiger partial charge in [0.05, 0.1) is 0 Å². The second-order valence-corrected chi connectivity index (χ2v) is 5.30. The van der Waals surface area contributed by atoms with Crippen LogP contribution >= 0.6 is 11.8 Å².